The van der Waals surface area contributed by atoms with Gasteiger partial charge < -0.3 is 10.5 Å². The maximum Gasteiger partial charge on any atom is 0.337 e. The molecule has 8 heteroatoms. The molecular weight excluding hydrogens is 344 g/mol. The summed E-state index contributed by atoms with van der Waals surface area (Å²) in [5.74, 6) is -1.38. The summed E-state index contributed by atoms with van der Waals surface area (Å²) in [6.45, 7) is 1.61. The Morgan fingerprint density at radius 1 is 1.12 bits per heavy atom. The first-order valence-corrected chi connectivity index (χ1v) is 8.71. The molecule has 25 heavy (non-hydrogen) atoms. The van der Waals surface area contributed by atoms with Crippen molar-refractivity contribution in [2.45, 2.75) is 11.8 Å². The van der Waals surface area contributed by atoms with E-state index in [0.717, 1.165) is 4.31 Å². The molecular formula is C17H18N2O5S. The lowest BCUT2D eigenvalue weighted by Crippen LogP contribution is -2.29. The third-order valence-electron chi connectivity index (χ3n) is 3.76. The van der Waals surface area contributed by atoms with E-state index in [1.54, 1.807) is 19.1 Å². The number of carbonyl (C=O) groups excluding carboxylic acids is 2. The van der Waals surface area contributed by atoms with Crippen molar-refractivity contribution in [3.63, 3.8) is 0 Å². The highest BCUT2D eigenvalue weighted by Gasteiger charge is 2.27. The van der Waals surface area contributed by atoms with Crippen LogP contribution in [0.1, 0.15) is 26.3 Å². The number of methoxy groups -OCH3 is 1. The molecule has 0 aliphatic carbocycles. The Morgan fingerprint density at radius 2 is 1.76 bits per heavy atom. The van der Waals surface area contributed by atoms with Crippen molar-refractivity contribution in [1.82, 2.24) is 0 Å². The van der Waals surface area contributed by atoms with Gasteiger partial charge in [0.15, 0.2) is 0 Å². The first-order valence-electron chi connectivity index (χ1n) is 7.27. The zero-order valence-electron chi connectivity index (χ0n) is 14.0. The van der Waals surface area contributed by atoms with Gasteiger partial charge in [0.05, 0.1) is 28.8 Å². The molecule has 0 aliphatic rings. The number of hydrogen-bond acceptors (Lipinski definition) is 5. The molecule has 2 rings (SSSR count). The summed E-state index contributed by atoms with van der Waals surface area (Å²) in [5.41, 5.74) is 6.12. The normalized spacial score (nSPS) is 11.0. The maximum atomic E-state index is 13.0. The van der Waals surface area contributed by atoms with Crippen LogP contribution in [0.2, 0.25) is 0 Å². The molecule has 0 fully saturated rings. The van der Waals surface area contributed by atoms with Crippen LogP contribution in [0.3, 0.4) is 0 Å². The Hall–Kier alpha value is -2.87. The van der Waals surface area contributed by atoms with Gasteiger partial charge in [0.25, 0.3) is 15.9 Å². The number of amides is 1. The minimum atomic E-state index is -4.03. The van der Waals surface area contributed by atoms with Gasteiger partial charge in [-0.2, -0.15) is 0 Å². The zero-order chi connectivity index (χ0) is 18.8. The number of hydrogen-bond donors (Lipinski definition) is 1. The summed E-state index contributed by atoms with van der Waals surface area (Å²) in [7, 11) is -1.49. The lowest BCUT2D eigenvalue weighted by atomic mass is 10.1. The van der Waals surface area contributed by atoms with E-state index in [2.05, 4.69) is 4.74 Å². The summed E-state index contributed by atoms with van der Waals surface area (Å²) in [6, 6.07) is 10.4. The summed E-state index contributed by atoms with van der Waals surface area (Å²) >= 11 is 0. The predicted octanol–water partition coefficient (Wildman–Crippen LogP) is 1.71. The van der Waals surface area contributed by atoms with Gasteiger partial charge in [-0.15, -0.1) is 0 Å². The fourth-order valence-electron chi connectivity index (χ4n) is 2.36. The third-order valence-corrected chi connectivity index (χ3v) is 5.67. The first-order chi connectivity index (χ1) is 11.7. The number of nitrogens with zero attached hydrogens (tertiary/aromatic N) is 1. The second-order valence-corrected chi connectivity index (χ2v) is 7.26. The minimum Gasteiger partial charge on any atom is -0.465 e. The van der Waals surface area contributed by atoms with Crippen LogP contribution in [0.4, 0.5) is 5.69 Å². The van der Waals surface area contributed by atoms with Crippen molar-refractivity contribution in [1.29, 1.82) is 0 Å². The lowest BCUT2D eigenvalue weighted by molar-refractivity contribution is 0.0600. The zero-order valence-corrected chi connectivity index (χ0v) is 14.8. The maximum absolute atomic E-state index is 13.0. The molecule has 0 aliphatic heterocycles. The molecule has 2 aromatic rings. The number of benzene rings is 2. The summed E-state index contributed by atoms with van der Waals surface area (Å²) < 4.78 is 31.6. The van der Waals surface area contributed by atoms with Gasteiger partial charge in [0.1, 0.15) is 0 Å². The van der Waals surface area contributed by atoms with Crippen molar-refractivity contribution >= 4 is 27.6 Å². The van der Waals surface area contributed by atoms with Gasteiger partial charge in [-0.3, -0.25) is 9.10 Å². The number of aryl methyl sites for hydroxylation is 1. The average molecular weight is 362 g/mol. The number of sulfonamides is 1. The fourth-order valence-corrected chi connectivity index (χ4v) is 3.82. The standard InChI is InChI=1S/C17H18N2O5S/c1-11-8-9-12(17(21)24-3)10-15(11)25(22,23)19(2)14-7-5-4-6-13(14)16(18)20/h4-10H,1-3H3,(H2,18,20). The van der Waals surface area contributed by atoms with Crippen molar-refractivity contribution in [3.8, 4) is 0 Å². The van der Waals surface area contributed by atoms with Crippen LogP contribution in [0, 0.1) is 6.92 Å². The number of ether oxygens (including phenoxy) is 1. The molecule has 2 aromatic carbocycles. The molecule has 0 aromatic heterocycles. The highest BCUT2D eigenvalue weighted by Crippen LogP contribution is 2.27. The molecule has 2 N–H and O–H groups in total. The van der Waals surface area contributed by atoms with E-state index in [-0.39, 0.29) is 21.7 Å². The van der Waals surface area contributed by atoms with Crippen LogP contribution >= 0.6 is 0 Å². The summed E-state index contributed by atoms with van der Waals surface area (Å²) in [5, 5.41) is 0. The number of nitrogens with two attached hydrogens (primary N) is 1. The molecule has 0 spiro atoms. The third kappa shape index (κ3) is 3.48. The molecule has 0 radical (unpaired) electrons. The van der Waals surface area contributed by atoms with E-state index >= 15 is 0 Å². The van der Waals surface area contributed by atoms with E-state index in [4.69, 9.17) is 5.73 Å². The average Bonchev–Trinajstić information content (AvgIpc) is 2.60. The molecule has 0 atom stereocenters. The first kappa shape index (κ1) is 18.5. The smallest absolute Gasteiger partial charge is 0.337 e. The van der Waals surface area contributed by atoms with Crippen LogP contribution in [-0.2, 0) is 14.8 Å². The second-order valence-electron chi connectivity index (χ2n) is 5.33. The van der Waals surface area contributed by atoms with E-state index in [0.29, 0.717) is 5.56 Å². The molecule has 0 heterocycles. The number of rotatable bonds is 5. The number of primary amides is 1. The topological polar surface area (TPSA) is 107 Å². The monoisotopic (exact) mass is 362 g/mol. The number of para-hydroxylation sites is 1. The minimum absolute atomic E-state index is 0.0582. The van der Waals surface area contributed by atoms with Crippen molar-refractivity contribution in [2.75, 3.05) is 18.5 Å². The summed E-state index contributed by atoms with van der Waals surface area (Å²) in [4.78, 5) is 23.2. The molecule has 132 valence electrons. The predicted molar refractivity (Wildman–Crippen MR) is 93.1 cm³/mol. The summed E-state index contributed by atoms with van der Waals surface area (Å²) in [6.07, 6.45) is 0. The van der Waals surface area contributed by atoms with Crippen molar-refractivity contribution in [3.05, 3.63) is 59.2 Å². The van der Waals surface area contributed by atoms with Gasteiger partial charge in [0, 0.05) is 7.05 Å². The highest BCUT2D eigenvalue weighted by atomic mass is 32.2. The molecule has 0 saturated carbocycles. The van der Waals surface area contributed by atoms with Crippen LogP contribution in [0.5, 0.6) is 0 Å². The quantitative estimate of drug-likeness (QED) is 0.815. The van der Waals surface area contributed by atoms with Gasteiger partial charge in [-0.25, -0.2) is 13.2 Å². The lowest BCUT2D eigenvalue weighted by Gasteiger charge is -2.22. The SMILES string of the molecule is COC(=O)c1ccc(C)c(S(=O)(=O)N(C)c2ccccc2C(N)=O)c1. The number of esters is 1. The number of anilines is 1. The fraction of sp³-hybridized carbons (Fsp3) is 0.176. The second kappa shape index (κ2) is 6.94. The largest absolute Gasteiger partial charge is 0.465 e. The van der Waals surface area contributed by atoms with Crippen molar-refractivity contribution in [2.24, 2.45) is 5.73 Å². The number of carbonyl (C=O) groups is 2. The molecule has 0 bridgehead atoms. The molecule has 1 amide bonds. The van der Waals surface area contributed by atoms with Gasteiger partial charge in [0.2, 0.25) is 0 Å². The van der Waals surface area contributed by atoms with Gasteiger partial charge in [-0.05, 0) is 36.8 Å². The molecule has 7 nitrogen and oxygen atoms in total. The van der Waals surface area contributed by atoms with Gasteiger partial charge >= 0.3 is 5.97 Å². The van der Waals surface area contributed by atoms with Crippen LogP contribution in [-0.4, -0.2) is 34.5 Å². The van der Waals surface area contributed by atoms with E-state index in [9.17, 15) is 18.0 Å². The van der Waals surface area contributed by atoms with Crippen LogP contribution in [0.25, 0.3) is 0 Å². The highest BCUT2D eigenvalue weighted by molar-refractivity contribution is 7.92. The Bertz CT molecular complexity index is 938. The Kier molecular flexibility index (Phi) is 5.13. The van der Waals surface area contributed by atoms with E-state index < -0.39 is 21.9 Å². The molecule has 0 saturated heterocycles. The Labute approximate surface area is 146 Å². The van der Waals surface area contributed by atoms with Crippen LogP contribution < -0.4 is 10.0 Å². The van der Waals surface area contributed by atoms with Crippen molar-refractivity contribution < 1.29 is 22.7 Å². The molecule has 0 unspecified atom stereocenters. The van der Waals surface area contributed by atoms with Gasteiger partial charge in [-0.1, -0.05) is 18.2 Å². The Morgan fingerprint density at radius 3 is 2.36 bits per heavy atom. The van der Waals surface area contributed by atoms with E-state index in [1.165, 1.54) is 44.5 Å². The van der Waals surface area contributed by atoms with Crippen LogP contribution in [0.15, 0.2) is 47.4 Å². The Balaban J connectivity index is 2.60. The van der Waals surface area contributed by atoms with E-state index in [1.807, 2.05) is 0 Å².